The highest BCUT2D eigenvalue weighted by Crippen LogP contribution is 2.29. The summed E-state index contributed by atoms with van der Waals surface area (Å²) in [6, 6.07) is 8.30. The monoisotopic (exact) mass is 378 g/mol. The summed E-state index contributed by atoms with van der Waals surface area (Å²) in [6.07, 6.45) is 0. The molecule has 8 nitrogen and oxygen atoms in total. The number of nitrogens with one attached hydrogen (secondary N) is 1. The molecule has 0 atom stereocenters. The lowest BCUT2D eigenvalue weighted by molar-refractivity contribution is -0.384. The van der Waals surface area contributed by atoms with Crippen LogP contribution < -0.4 is 14.8 Å². The summed E-state index contributed by atoms with van der Waals surface area (Å²) < 4.78 is 10.4. The van der Waals surface area contributed by atoms with Gasteiger partial charge in [0.25, 0.3) is 11.6 Å². The van der Waals surface area contributed by atoms with Crippen molar-refractivity contribution in [3.8, 4) is 11.5 Å². The number of amides is 1. The Morgan fingerprint density at radius 3 is 2.54 bits per heavy atom. The maximum atomic E-state index is 12.1. The Kier molecular flexibility index (Phi) is 6.13. The average molecular weight is 379 g/mol. The zero-order valence-corrected chi connectivity index (χ0v) is 14.7. The van der Waals surface area contributed by atoms with E-state index in [0.29, 0.717) is 5.02 Å². The second-order valence-electron chi connectivity index (χ2n) is 5.18. The average Bonchev–Trinajstić information content (AvgIpc) is 2.60. The molecule has 0 radical (unpaired) electrons. The first-order chi connectivity index (χ1) is 12.3. The highest BCUT2D eigenvalue weighted by Gasteiger charge is 2.15. The summed E-state index contributed by atoms with van der Waals surface area (Å²) in [5.41, 5.74) is 0.358. The molecule has 0 saturated carbocycles. The van der Waals surface area contributed by atoms with Crippen LogP contribution in [0.3, 0.4) is 0 Å². The zero-order chi connectivity index (χ0) is 19.3. The second-order valence-corrected chi connectivity index (χ2v) is 5.61. The number of ketones is 1. The molecule has 1 amide bonds. The third-order valence-electron chi connectivity index (χ3n) is 3.35. The van der Waals surface area contributed by atoms with Crippen molar-refractivity contribution in [1.82, 2.24) is 0 Å². The molecule has 1 N–H and O–H groups in total. The lowest BCUT2D eigenvalue weighted by Gasteiger charge is -2.12. The molecule has 0 aromatic heterocycles. The third kappa shape index (κ3) is 4.70. The standard InChI is InChI=1S/C17H15ClN2O6/c1-10(21)13-7-11(18)3-6-15(13)26-9-17(22)19-14-5-4-12(20(23)24)8-16(14)25-2/h3-8H,9H2,1-2H3,(H,19,22). The summed E-state index contributed by atoms with van der Waals surface area (Å²) >= 11 is 5.85. The minimum Gasteiger partial charge on any atom is -0.494 e. The number of hydrogen-bond acceptors (Lipinski definition) is 6. The molecule has 2 rings (SSSR count). The van der Waals surface area contributed by atoms with E-state index in [0.717, 1.165) is 0 Å². The first-order valence-electron chi connectivity index (χ1n) is 7.37. The lowest BCUT2D eigenvalue weighted by atomic mass is 10.1. The number of nitro groups is 1. The van der Waals surface area contributed by atoms with Crippen molar-refractivity contribution in [2.24, 2.45) is 0 Å². The van der Waals surface area contributed by atoms with Gasteiger partial charge < -0.3 is 14.8 Å². The fraction of sp³-hybridized carbons (Fsp3) is 0.176. The normalized spacial score (nSPS) is 10.1. The van der Waals surface area contributed by atoms with Gasteiger partial charge in [-0.3, -0.25) is 19.7 Å². The Bertz CT molecular complexity index is 868. The number of benzene rings is 2. The van der Waals surface area contributed by atoms with Crippen molar-refractivity contribution in [3.63, 3.8) is 0 Å². The number of nitrogens with zero attached hydrogens (tertiary/aromatic N) is 1. The van der Waals surface area contributed by atoms with Crippen LogP contribution in [-0.4, -0.2) is 30.3 Å². The van der Waals surface area contributed by atoms with Crippen LogP contribution >= 0.6 is 11.6 Å². The van der Waals surface area contributed by atoms with Crippen LogP contribution in [0.5, 0.6) is 11.5 Å². The van der Waals surface area contributed by atoms with Crippen LogP contribution in [-0.2, 0) is 4.79 Å². The third-order valence-corrected chi connectivity index (χ3v) is 3.58. The van der Waals surface area contributed by atoms with Gasteiger partial charge in [0.15, 0.2) is 12.4 Å². The molecule has 0 fully saturated rings. The molecule has 0 bridgehead atoms. The predicted molar refractivity (Wildman–Crippen MR) is 95.2 cm³/mol. The molecule has 0 saturated heterocycles. The molecular formula is C17H15ClN2O6. The lowest BCUT2D eigenvalue weighted by Crippen LogP contribution is -2.21. The van der Waals surface area contributed by atoms with Crippen molar-refractivity contribution in [2.75, 3.05) is 19.0 Å². The molecule has 2 aromatic rings. The van der Waals surface area contributed by atoms with Crippen LogP contribution in [0.2, 0.25) is 5.02 Å². The number of carbonyl (C=O) groups excluding carboxylic acids is 2. The molecule has 136 valence electrons. The topological polar surface area (TPSA) is 108 Å². The molecule has 0 aliphatic heterocycles. The Morgan fingerprint density at radius 1 is 1.19 bits per heavy atom. The summed E-state index contributed by atoms with van der Waals surface area (Å²) in [5, 5.41) is 13.7. The number of non-ortho nitro benzene ring substituents is 1. The smallest absolute Gasteiger partial charge is 0.273 e. The number of hydrogen-bond donors (Lipinski definition) is 1. The number of methoxy groups -OCH3 is 1. The zero-order valence-electron chi connectivity index (χ0n) is 13.9. The molecule has 9 heteroatoms. The van der Waals surface area contributed by atoms with E-state index in [9.17, 15) is 19.7 Å². The van der Waals surface area contributed by atoms with Crippen LogP contribution in [0.1, 0.15) is 17.3 Å². The van der Waals surface area contributed by atoms with E-state index in [1.165, 1.54) is 44.4 Å². The van der Waals surface area contributed by atoms with Crippen molar-refractivity contribution in [2.45, 2.75) is 6.92 Å². The largest absolute Gasteiger partial charge is 0.494 e. The van der Waals surface area contributed by atoms with Crippen LogP contribution in [0.4, 0.5) is 11.4 Å². The van der Waals surface area contributed by atoms with E-state index in [4.69, 9.17) is 21.1 Å². The highest BCUT2D eigenvalue weighted by atomic mass is 35.5. The van der Waals surface area contributed by atoms with Crippen molar-refractivity contribution < 1.29 is 24.0 Å². The van der Waals surface area contributed by atoms with E-state index < -0.39 is 10.8 Å². The number of nitro benzene ring substituents is 1. The SMILES string of the molecule is COc1cc([N+](=O)[O-])ccc1NC(=O)COc1ccc(Cl)cc1C(C)=O. The van der Waals surface area contributed by atoms with E-state index in [1.807, 2.05) is 0 Å². The summed E-state index contributed by atoms with van der Waals surface area (Å²) in [7, 11) is 1.33. The van der Waals surface area contributed by atoms with Crippen LogP contribution in [0.15, 0.2) is 36.4 Å². The Balaban J connectivity index is 2.08. The number of rotatable bonds is 7. The van der Waals surface area contributed by atoms with E-state index in [1.54, 1.807) is 6.07 Å². The van der Waals surface area contributed by atoms with Gasteiger partial charge in [0.05, 0.1) is 29.4 Å². The Hall–Kier alpha value is -3.13. The molecule has 2 aromatic carbocycles. The molecule has 0 heterocycles. The van der Waals surface area contributed by atoms with Crippen molar-refractivity contribution >= 4 is 34.7 Å². The first kappa shape index (κ1) is 19.2. The van der Waals surface area contributed by atoms with E-state index in [2.05, 4.69) is 5.32 Å². The maximum absolute atomic E-state index is 12.1. The van der Waals surface area contributed by atoms with Gasteiger partial charge in [-0.25, -0.2) is 0 Å². The second kappa shape index (κ2) is 8.30. The number of halogens is 1. The molecule has 26 heavy (non-hydrogen) atoms. The number of ether oxygens (including phenoxy) is 2. The summed E-state index contributed by atoms with van der Waals surface area (Å²) in [6.45, 7) is 0.988. The predicted octanol–water partition coefficient (Wildman–Crippen LogP) is 3.48. The van der Waals surface area contributed by atoms with Gasteiger partial charge in [-0.2, -0.15) is 0 Å². The van der Waals surface area contributed by atoms with E-state index in [-0.39, 0.29) is 40.8 Å². The summed E-state index contributed by atoms with van der Waals surface area (Å²) in [4.78, 5) is 33.9. The van der Waals surface area contributed by atoms with Crippen LogP contribution in [0.25, 0.3) is 0 Å². The Morgan fingerprint density at radius 2 is 1.92 bits per heavy atom. The molecule has 0 spiro atoms. The van der Waals surface area contributed by atoms with Gasteiger partial charge in [-0.15, -0.1) is 0 Å². The minimum absolute atomic E-state index is 0.142. The molecular weight excluding hydrogens is 364 g/mol. The van der Waals surface area contributed by atoms with Gasteiger partial charge >= 0.3 is 0 Å². The van der Waals surface area contributed by atoms with E-state index >= 15 is 0 Å². The van der Waals surface area contributed by atoms with Crippen LogP contribution in [0, 0.1) is 10.1 Å². The minimum atomic E-state index is -0.568. The molecule has 0 aliphatic rings. The highest BCUT2D eigenvalue weighted by molar-refractivity contribution is 6.31. The number of Topliss-reactive ketones (excluding diaryl/α,β-unsaturated/α-hetero) is 1. The fourth-order valence-corrected chi connectivity index (χ4v) is 2.30. The Labute approximate surface area is 153 Å². The van der Waals surface area contributed by atoms with Gasteiger partial charge in [0.1, 0.15) is 11.5 Å². The quantitative estimate of drug-likeness (QED) is 0.449. The number of anilines is 1. The number of carbonyl (C=O) groups is 2. The van der Waals surface area contributed by atoms with Gasteiger partial charge in [0.2, 0.25) is 0 Å². The van der Waals surface area contributed by atoms with Gasteiger partial charge in [0, 0.05) is 11.1 Å². The first-order valence-corrected chi connectivity index (χ1v) is 7.75. The molecule has 0 unspecified atom stereocenters. The van der Waals surface area contributed by atoms with Crippen molar-refractivity contribution in [1.29, 1.82) is 0 Å². The van der Waals surface area contributed by atoms with Gasteiger partial charge in [-0.1, -0.05) is 11.6 Å². The fourth-order valence-electron chi connectivity index (χ4n) is 2.13. The molecule has 0 aliphatic carbocycles. The maximum Gasteiger partial charge on any atom is 0.273 e. The van der Waals surface area contributed by atoms with Gasteiger partial charge in [-0.05, 0) is 31.2 Å². The van der Waals surface area contributed by atoms with Crippen molar-refractivity contribution in [3.05, 3.63) is 57.1 Å². The summed E-state index contributed by atoms with van der Waals surface area (Å²) in [5.74, 6) is -0.405.